The molecule has 2 saturated heterocycles. The van der Waals surface area contributed by atoms with Crippen molar-refractivity contribution < 1.29 is 22.7 Å². The fraction of sp³-hybridized carbons (Fsp3) is 0.667. The molecule has 1 atom stereocenters. The zero-order chi connectivity index (χ0) is 20.4. The third kappa shape index (κ3) is 4.45. The number of halogens is 3. The van der Waals surface area contributed by atoms with Crippen LogP contribution >= 0.6 is 0 Å². The Kier molecular flexibility index (Phi) is 6.22. The Morgan fingerprint density at radius 2 is 1.68 bits per heavy atom. The summed E-state index contributed by atoms with van der Waals surface area (Å²) < 4.78 is 43.7. The van der Waals surface area contributed by atoms with Crippen molar-refractivity contribution in [1.82, 2.24) is 4.90 Å². The van der Waals surface area contributed by atoms with E-state index in [1.807, 2.05) is 13.8 Å². The molecule has 2 aliphatic rings. The van der Waals surface area contributed by atoms with Gasteiger partial charge < -0.3 is 9.64 Å². The first kappa shape index (κ1) is 21.0. The van der Waals surface area contributed by atoms with Crippen molar-refractivity contribution in [3.05, 3.63) is 29.8 Å². The number of alkyl halides is 3. The number of carbonyl (C=O) groups is 1. The van der Waals surface area contributed by atoms with Gasteiger partial charge in [-0.1, -0.05) is 13.8 Å². The Labute approximate surface area is 164 Å². The number of rotatable bonds is 6. The lowest BCUT2D eigenvalue weighted by Gasteiger charge is -2.36. The normalized spacial score (nSPS) is 23.1. The highest BCUT2D eigenvalue weighted by atomic mass is 19.4. The molecule has 0 aromatic heterocycles. The summed E-state index contributed by atoms with van der Waals surface area (Å²) in [6, 6.07) is 5.38. The third-order valence-electron chi connectivity index (χ3n) is 6.38. The monoisotopic (exact) mass is 398 g/mol. The molecular formula is C21H29F3N2O2. The highest BCUT2D eigenvalue weighted by Crippen LogP contribution is 2.41. The van der Waals surface area contributed by atoms with Crippen molar-refractivity contribution in [2.75, 3.05) is 37.6 Å². The van der Waals surface area contributed by atoms with Crippen LogP contribution in [0, 0.1) is 5.41 Å². The van der Waals surface area contributed by atoms with E-state index in [-0.39, 0.29) is 17.5 Å². The van der Waals surface area contributed by atoms with Gasteiger partial charge in [-0.25, -0.2) is 0 Å². The van der Waals surface area contributed by atoms with Gasteiger partial charge in [0, 0.05) is 44.8 Å². The summed E-state index contributed by atoms with van der Waals surface area (Å²) in [6.45, 7) is 8.25. The van der Waals surface area contributed by atoms with E-state index in [0.717, 1.165) is 76.2 Å². The third-order valence-corrected chi connectivity index (χ3v) is 6.38. The fourth-order valence-corrected chi connectivity index (χ4v) is 4.24. The van der Waals surface area contributed by atoms with Crippen LogP contribution in [-0.2, 0) is 15.7 Å². The zero-order valence-corrected chi connectivity index (χ0v) is 16.6. The van der Waals surface area contributed by atoms with E-state index in [1.54, 1.807) is 12.1 Å². The maximum atomic E-state index is 12.7. The molecule has 2 fully saturated rings. The first-order chi connectivity index (χ1) is 13.3. The summed E-state index contributed by atoms with van der Waals surface area (Å²) in [4.78, 5) is 16.6. The van der Waals surface area contributed by atoms with Crippen molar-refractivity contribution in [1.29, 1.82) is 0 Å². The molecule has 1 aromatic rings. The number of carbonyl (C=O) groups excluding carboxylic acids is 1. The minimum atomic E-state index is -4.30. The quantitative estimate of drug-likeness (QED) is 0.668. The maximum Gasteiger partial charge on any atom is 0.416 e. The molecule has 28 heavy (non-hydrogen) atoms. The van der Waals surface area contributed by atoms with Gasteiger partial charge in [0.15, 0.2) is 0 Å². The SMILES string of the molecule is CCC1(CC)CC(CCN2CCN(c3ccc(C(F)(F)F)cc3)CC2)OC1=O. The van der Waals surface area contributed by atoms with Crippen molar-refractivity contribution in [2.45, 2.75) is 51.8 Å². The number of benzene rings is 1. The number of hydrogen-bond donors (Lipinski definition) is 0. The van der Waals surface area contributed by atoms with Crippen LogP contribution in [0.5, 0.6) is 0 Å². The molecular weight excluding hydrogens is 369 g/mol. The topological polar surface area (TPSA) is 32.8 Å². The number of ether oxygens (including phenoxy) is 1. The fourth-order valence-electron chi connectivity index (χ4n) is 4.24. The first-order valence-corrected chi connectivity index (χ1v) is 10.1. The average molecular weight is 398 g/mol. The number of hydrogen-bond acceptors (Lipinski definition) is 4. The number of piperazine rings is 1. The molecule has 0 bridgehead atoms. The molecule has 0 aliphatic carbocycles. The molecule has 2 aliphatic heterocycles. The van der Waals surface area contributed by atoms with Gasteiger partial charge in [0.1, 0.15) is 6.10 Å². The summed E-state index contributed by atoms with van der Waals surface area (Å²) in [5.41, 5.74) is -0.0874. The predicted octanol–water partition coefficient (Wildman–Crippen LogP) is 4.34. The molecule has 1 aromatic carbocycles. The van der Waals surface area contributed by atoms with Gasteiger partial charge in [0.05, 0.1) is 11.0 Å². The zero-order valence-electron chi connectivity index (χ0n) is 16.6. The van der Waals surface area contributed by atoms with Crippen molar-refractivity contribution in [3.8, 4) is 0 Å². The Morgan fingerprint density at radius 1 is 1.07 bits per heavy atom. The van der Waals surface area contributed by atoms with Crippen LogP contribution < -0.4 is 4.90 Å². The molecule has 156 valence electrons. The van der Waals surface area contributed by atoms with Crippen LogP contribution in [0.3, 0.4) is 0 Å². The van der Waals surface area contributed by atoms with Gasteiger partial charge in [-0.05, 0) is 43.5 Å². The summed E-state index contributed by atoms with van der Waals surface area (Å²) in [5.74, 6) is -0.0466. The molecule has 4 nitrogen and oxygen atoms in total. The summed E-state index contributed by atoms with van der Waals surface area (Å²) >= 11 is 0. The van der Waals surface area contributed by atoms with Crippen LogP contribution in [-0.4, -0.2) is 49.7 Å². The van der Waals surface area contributed by atoms with Crippen LogP contribution in [0.25, 0.3) is 0 Å². The Bertz CT molecular complexity index is 663. The second-order valence-corrected chi connectivity index (χ2v) is 7.88. The van der Waals surface area contributed by atoms with Gasteiger partial charge in [-0.15, -0.1) is 0 Å². The van der Waals surface area contributed by atoms with E-state index >= 15 is 0 Å². The van der Waals surface area contributed by atoms with Crippen LogP contribution in [0.4, 0.5) is 18.9 Å². The van der Waals surface area contributed by atoms with Crippen LogP contribution in [0.2, 0.25) is 0 Å². The van der Waals surface area contributed by atoms with Crippen LogP contribution in [0.15, 0.2) is 24.3 Å². The minimum absolute atomic E-state index is 0.000317. The minimum Gasteiger partial charge on any atom is -0.462 e. The summed E-state index contributed by atoms with van der Waals surface area (Å²) in [5, 5.41) is 0. The van der Waals surface area contributed by atoms with Gasteiger partial charge in [-0.3, -0.25) is 9.69 Å². The average Bonchev–Trinajstić information content (AvgIpc) is 3.02. The van der Waals surface area contributed by atoms with Crippen LogP contribution in [0.1, 0.15) is 45.1 Å². The smallest absolute Gasteiger partial charge is 0.416 e. The Balaban J connectivity index is 1.45. The van der Waals surface area contributed by atoms with Crippen molar-refractivity contribution in [2.24, 2.45) is 5.41 Å². The largest absolute Gasteiger partial charge is 0.462 e. The summed E-state index contributed by atoms with van der Waals surface area (Å²) in [6.07, 6.45) is -0.998. The number of esters is 1. The van der Waals surface area contributed by atoms with Gasteiger partial charge in [0.2, 0.25) is 0 Å². The van der Waals surface area contributed by atoms with E-state index in [4.69, 9.17) is 4.74 Å². The van der Waals surface area contributed by atoms with Crippen molar-refractivity contribution in [3.63, 3.8) is 0 Å². The highest BCUT2D eigenvalue weighted by molar-refractivity contribution is 5.78. The Hall–Kier alpha value is -1.76. The maximum absolute atomic E-state index is 12.7. The lowest BCUT2D eigenvalue weighted by molar-refractivity contribution is -0.149. The number of cyclic esters (lactones) is 1. The molecule has 0 saturated carbocycles. The molecule has 0 N–H and O–H groups in total. The predicted molar refractivity (Wildman–Crippen MR) is 102 cm³/mol. The molecule has 0 radical (unpaired) electrons. The van der Waals surface area contributed by atoms with E-state index in [9.17, 15) is 18.0 Å². The van der Waals surface area contributed by atoms with E-state index in [1.165, 1.54) is 0 Å². The van der Waals surface area contributed by atoms with Gasteiger partial charge >= 0.3 is 12.1 Å². The number of anilines is 1. The lowest BCUT2D eigenvalue weighted by atomic mass is 9.79. The highest BCUT2D eigenvalue weighted by Gasteiger charge is 2.46. The van der Waals surface area contributed by atoms with Crippen molar-refractivity contribution >= 4 is 11.7 Å². The summed E-state index contributed by atoms with van der Waals surface area (Å²) in [7, 11) is 0. The molecule has 1 unspecified atom stereocenters. The molecule has 0 spiro atoms. The van der Waals surface area contributed by atoms with Gasteiger partial charge in [-0.2, -0.15) is 13.2 Å². The Morgan fingerprint density at radius 3 is 2.18 bits per heavy atom. The van der Waals surface area contributed by atoms with E-state index < -0.39 is 11.7 Å². The van der Waals surface area contributed by atoms with E-state index in [2.05, 4.69) is 9.80 Å². The molecule has 2 heterocycles. The molecule has 7 heteroatoms. The number of nitrogens with zero attached hydrogens (tertiary/aromatic N) is 2. The molecule has 3 rings (SSSR count). The second-order valence-electron chi connectivity index (χ2n) is 7.88. The standard InChI is InChI=1S/C21H29F3N2O2/c1-3-20(4-2)15-18(28-19(20)27)9-10-25-11-13-26(14-12-25)17-7-5-16(6-8-17)21(22,23)24/h5-8,18H,3-4,9-15H2,1-2H3. The first-order valence-electron chi connectivity index (χ1n) is 10.1. The van der Waals surface area contributed by atoms with Gasteiger partial charge in [0.25, 0.3) is 0 Å². The lowest BCUT2D eigenvalue weighted by Crippen LogP contribution is -2.47. The second kappa shape index (κ2) is 8.31. The van der Waals surface area contributed by atoms with E-state index in [0.29, 0.717) is 0 Å². The molecule has 0 amide bonds.